The summed E-state index contributed by atoms with van der Waals surface area (Å²) in [6.07, 6.45) is -10.2. The predicted octanol–water partition coefficient (Wildman–Crippen LogP) is 10.1. The molecule has 21 heteroatoms. The number of rotatable bonds is 21. The van der Waals surface area contributed by atoms with E-state index < -0.39 is 128 Å². The molecule has 0 N–H and O–H groups in total. The van der Waals surface area contributed by atoms with Crippen LogP contribution in [0.5, 0.6) is 0 Å². The van der Waals surface area contributed by atoms with E-state index in [0.717, 1.165) is 17.5 Å². The van der Waals surface area contributed by atoms with Crippen LogP contribution >= 0.6 is 0 Å². The minimum absolute atomic E-state index is 0.000594. The second-order valence-electron chi connectivity index (χ2n) is 22.1. The van der Waals surface area contributed by atoms with Gasteiger partial charge in [-0.15, -0.1) is 0 Å². The van der Waals surface area contributed by atoms with Gasteiger partial charge in [0, 0.05) is 41.4 Å². The first-order chi connectivity index (χ1) is 37.4. The van der Waals surface area contributed by atoms with Gasteiger partial charge in [0.1, 0.15) is 18.8 Å². The molecule has 0 saturated carbocycles. The van der Waals surface area contributed by atoms with Crippen LogP contribution in [-0.4, -0.2) is 129 Å². The van der Waals surface area contributed by atoms with E-state index in [0.29, 0.717) is 13.0 Å². The van der Waals surface area contributed by atoms with Gasteiger partial charge in [0.15, 0.2) is 37.6 Å². The molecule has 0 aliphatic carbocycles. The highest BCUT2D eigenvalue weighted by Crippen LogP contribution is 2.43. The maximum absolute atomic E-state index is 12.9. The number of benzene rings is 2. The molecule has 78 heavy (non-hydrogen) atoms. The van der Waals surface area contributed by atoms with E-state index in [1.165, 1.54) is 13.8 Å². The standard InChI is InChI=1S/C57H84N6O15/c1-14-42-29(3)30(4)45(60-62-58)54(72-42)75-47-34(8)51(67-26-40-22-18-16-19-23-40)56(69-36(47)10)78-50-33(7)46(61-63-59)55(73-43(50)15-2)76-48-35(9)52(71-39(13)65)57(70-37(48)11)77-49-31(5)32(6)53(74-44(49)28-66-38(12)64)68-27-41-24-20-17-21-25-41/h16-25,29-37,42-57H,14-15,26-28H2,1-13H3/t29-,30-,31+,32?,33+,34-,35-,36?,37?,42?,43?,44?,45?,46?,47-,48-,49-,50-,51?,52?,53-,54+,55+,56-,57-/m0/s1. The first-order valence-electron chi connectivity index (χ1n) is 28.0. The minimum atomic E-state index is -1.09. The van der Waals surface area contributed by atoms with Crippen LogP contribution in [0, 0.1) is 41.4 Å². The zero-order valence-electron chi connectivity index (χ0n) is 47.5. The molecule has 21 nitrogen and oxygen atoms in total. The number of carbonyl (C=O) groups is 2. The molecule has 0 bridgehead atoms. The summed E-state index contributed by atoms with van der Waals surface area (Å²) >= 11 is 0. The first-order valence-corrected chi connectivity index (χ1v) is 28.0. The number of nitrogens with zero attached hydrogens (tertiary/aromatic N) is 6. The second kappa shape index (κ2) is 28.3. The van der Waals surface area contributed by atoms with E-state index in [9.17, 15) is 20.7 Å². The molecule has 25 atom stereocenters. The minimum Gasteiger partial charge on any atom is -0.463 e. The highest BCUT2D eigenvalue weighted by molar-refractivity contribution is 5.66. The molecular weight excluding hydrogens is 1010 g/mol. The van der Waals surface area contributed by atoms with E-state index in [1.807, 2.05) is 116 Å². The molecule has 432 valence electrons. The lowest BCUT2D eigenvalue weighted by molar-refractivity contribution is -0.367. The summed E-state index contributed by atoms with van der Waals surface area (Å²) in [5.74, 6) is -2.63. The lowest BCUT2D eigenvalue weighted by atomic mass is 9.81. The Morgan fingerprint density at radius 2 is 0.936 bits per heavy atom. The average molecular weight is 1090 g/mol. The van der Waals surface area contributed by atoms with Crippen LogP contribution in [-0.2, 0) is 84.4 Å². The summed E-state index contributed by atoms with van der Waals surface area (Å²) in [5, 5.41) is 8.43. The third-order valence-corrected chi connectivity index (χ3v) is 16.9. The van der Waals surface area contributed by atoms with E-state index in [4.69, 9.17) is 61.6 Å². The third-order valence-electron chi connectivity index (χ3n) is 16.9. The Morgan fingerprint density at radius 1 is 0.474 bits per heavy atom. The van der Waals surface area contributed by atoms with Gasteiger partial charge < -0.3 is 61.6 Å². The number of carbonyl (C=O) groups excluding carboxylic acids is 2. The van der Waals surface area contributed by atoms with Crippen molar-refractivity contribution in [2.24, 2.45) is 51.7 Å². The zero-order valence-corrected chi connectivity index (χ0v) is 47.5. The van der Waals surface area contributed by atoms with E-state index >= 15 is 0 Å². The summed E-state index contributed by atoms with van der Waals surface area (Å²) in [5.41, 5.74) is 21.6. The number of esters is 2. The van der Waals surface area contributed by atoms with Crippen LogP contribution in [0.1, 0.15) is 114 Å². The van der Waals surface area contributed by atoms with Crippen molar-refractivity contribution in [2.75, 3.05) is 6.61 Å². The molecule has 5 heterocycles. The monoisotopic (exact) mass is 1090 g/mol. The Kier molecular flexibility index (Phi) is 22.2. The molecule has 0 aromatic heterocycles. The first kappa shape index (κ1) is 61.2. The fourth-order valence-electron chi connectivity index (χ4n) is 11.9. The van der Waals surface area contributed by atoms with Gasteiger partial charge in [-0.05, 0) is 72.5 Å². The fraction of sp³-hybridized carbons (Fsp3) is 0.754. The van der Waals surface area contributed by atoms with Gasteiger partial charge in [-0.1, -0.05) is 133 Å². The van der Waals surface area contributed by atoms with Crippen LogP contribution in [0.4, 0.5) is 0 Å². The average Bonchev–Trinajstić information content (AvgIpc) is 3.44. The molecule has 2 aromatic carbocycles. The van der Waals surface area contributed by atoms with Crippen molar-refractivity contribution >= 4 is 11.9 Å². The highest BCUT2D eigenvalue weighted by atomic mass is 16.8. The molecule has 7 rings (SSSR count). The van der Waals surface area contributed by atoms with Crippen molar-refractivity contribution in [1.29, 1.82) is 0 Å². The van der Waals surface area contributed by atoms with Crippen molar-refractivity contribution in [3.8, 4) is 0 Å². The van der Waals surface area contributed by atoms with E-state index in [-0.39, 0.29) is 48.9 Å². The molecule has 0 amide bonds. The normalized spacial score (nSPS) is 40.9. The van der Waals surface area contributed by atoms with E-state index in [2.05, 4.69) is 40.8 Å². The second-order valence-corrected chi connectivity index (χ2v) is 22.1. The maximum atomic E-state index is 12.9. The molecule has 2 aromatic rings. The summed E-state index contributed by atoms with van der Waals surface area (Å²) < 4.78 is 85.3. The number of hydrogen-bond acceptors (Lipinski definition) is 17. The van der Waals surface area contributed by atoms with Crippen molar-refractivity contribution in [3.63, 3.8) is 0 Å². The molecule has 5 saturated heterocycles. The zero-order chi connectivity index (χ0) is 56.4. The summed E-state index contributed by atoms with van der Waals surface area (Å²) in [4.78, 5) is 31.4. The van der Waals surface area contributed by atoms with Gasteiger partial charge >= 0.3 is 11.9 Å². The highest BCUT2D eigenvalue weighted by Gasteiger charge is 2.55. The van der Waals surface area contributed by atoms with Crippen LogP contribution in [0.25, 0.3) is 20.9 Å². The van der Waals surface area contributed by atoms with Crippen molar-refractivity contribution < 1.29 is 71.2 Å². The summed E-state index contributed by atoms with van der Waals surface area (Å²) in [6, 6.07) is 18.1. The van der Waals surface area contributed by atoms with Crippen LogP contribution in [0.3, 0.4) is 0 Å². The number of hydrogen-bond donors (Lipinski definition) is 0. The van der Waals surface area contributed by atoms with Gasteiger partial charge in [0.05, 0.1) is 74.1 Å². The van der Waals surface area contributed by atoms with Crippen molar-refractivity contribution in [1.82, 2.24) is 0 Å². The van der Waals surface area contributed by atoms with Crippen LogP contribution in [0.15, 0.2) is 70.9 Å². The smallest absolute Gasteiger partial charge is 0.303 e. The molecule has 5 aliphatic heterocycles. The van der Waals surface area contributed by atoms with E-state index in [1.54, 1.807) is 0 Å². The van der Waals surface area contributed by atoms with Crippen LogP contribution in [0.2, 0.25) is 0 Å². The van der Waals surface area contributed by atoms with Crippen LogP contribution < -0.4 is 0 Å². The number of azide groups is 2. The molecule has 5 fully saturated rings. The van der Waals surface area contributed by atoms with Crippen molar-refractivity contribution in [3.05, 3.63) is 92.7 Å². The number of ether oxygens (including phenoxy) is 13. The Labute approximate surface area is 459 Å². The quantitative estimate of drug-likeness (QED) is 0.0488. The van der Waals surface area contributed by atoms with Gasteiger partial charge in [-0.3, -0.25) is 9.59 Å². The largest absolute Gasteiger partial charge is 0.463 e. The summed E-state index contributed by atoms with van der Waals surface area (Å²) in [6.45, 7) is 25.0. The third kappa shape index (κ3) is 14.5. The van der Waals surface area contributed by atoms with Crippen molar-refractivity contribution in [2.45, 2.75) is 227 Å². The van der Waals surface area contributed by atoms with Gasteiger partial charge in [0.2, 0.25) is 0 Å². The molecule has 10 unspecified atom stereocenters. The lowest BCUT2D eigenvalue weighted by Gasteiger charge is -2.51. The molecule has 5 aliphatic rings. The topological polar surface area (TPSA) is 252 Å². The van der Waals surface area contributed by atoms with Gasteiger partial charge in [0.25, 0.3) is 0 Å². The van der Waals surface area contributed by atoms with Gasteiger partial charge in [-0.2, -0.15) is 0 Å². The predicted molar refractivity (Wildman–Crippen MR) is 283 cm³/mol. The fourth-order valence-corrected chi connectivity index (χ4v) is 11.9. The summed E-state index contributed by atoms with van der Waals surface area (Å²) in [7, 11) is 0. The lowest BCUT2D eigenvalue weighted by Crippen LogP contribution is -2.63. The maximum Gasteiger partial charge on any atom is 0.303 e. The SMILES string of the molecule is CCC1O[C@H](O[C@@H]2C(C)O[C@@H](O[C@@H]3C(CC)O[C@H](O[C@@H]4C(C)O[C@@H](O[C@@H]5C(COC(C)=O)O[C@H](OCc6ccccc6)C(C)[C@H]5C)C(OC(C)=O)[C@H]4C)C(N=[N+]=[N-])[C@H]3C)C(OCc3ccccc3)[C@H]2C)C(N=[N+]=[N-])[C@@H](C)[C@@H]1C. The Morgan fingerprint density at radius 3 is 1.45 bits per heavy atom. The molecule has 0 spiro atoms. The van der Waals surface area contributed by atoms with Gasteiger partial charge in [-0.25, -0.2) is 0 Å². The molecule has 0 radical (unpaired) electrons. The Bertz CT molecular complexity index is 2320. The Balaban J connectivity index is 1.08. The molecular formula is C57H84N6O15. The Hall–Kier alpha value is -4.44.